The van der Waals surface area contributed by atoms with Crippen molar-refractivity contribution in [1.82, 2.24) is 10.2 Å². The lowest BCUT2D eigenvalue weighted by atomic mass is 10.0. The van der Waals surface area contributed by atoms with Gasteiger partial charge in [0.05, 0.1) is 0 Å². The van der Waals surface area contributed by atoms with Gasteiger partial charge in [0.1, 0.15) is 5.78 Å². The predicted molar refractivity (Wildman–Crippen MR) is 72.4 cm³/mol. The molecule has 1 heterocycles. The first-order valence-corrected chi connectivity index (χ1v) is 7.07. The molecule has 18 heavy (non-hydrogen) atoms. The smallest absolute Gasteiger partial charge is 0.219 e. The number of hydrogen-bond donors (Lipinski definition) is 1. The van der Waals surface area contributed by atoms with Crippen molar-refractivity contribution in [1.29, 1.82) is 0 Å². The maximum atomic E-state index is 11.3. The first kappa shape index (κ1) is 15.2. The van der Waals surface area contributed by atoms with Gasteiger partial charge in [0.2, 0.25) is 5.91 Å². The van der Waals surface area contributed by atoms with Gasteiger partial charge in [-0.25, -0.2) is 0 Å². The van der Waals surface area contributed by atoms with Crippen LogP contribution in [0.4, 0.5) is 0 Å². The molecule has 1 amide bonds. The number of carbonyl (C=O) groups is 2. The van der Waals surface area contributed by atoms with Gasteiger partial charge in [-0.05, 0) is 39.3 Å². The van der Waals surface area contributed by atoms with E-state index >= 15 is 0 Å². The number of rotatable bonds is 6. The molecule has 0 radical (unpaired) electrons. The minimum atomic E-state index is 0.105. The fourth-order valence-corrected chi connectivity index (χ4v) is 2.66. The van der Waals surface area contributed by atoms with Gasteiger partial charge in [-0.15, -0.1) is 0 Å². The van der Waals surface area contributed by atoms with Crippen LogP contribution >= 0.6 is 0 Å². The Balaban J connectivity index is 2.41. The molecule has 1 N–H and O–H groups in total. The Hall–Kier alpha value is -0.900. The maximum absolute atomic E-state index is 11.3. The lowest BCUT2D eigenvalue weighted by molar-refractivity contribution is -0.121. The molecule has 1 rings (SSSR count). The SMILES string of the molecule is CNC(=O)CCCN1CCCCCC1CC(C)=O. The summed E-state index contributed by atoms with van der Waals surface area (Å²) in [5.41, 5.74) is 0. The molecule has 0 aliphatic carbocycles. The summed E-state index contributed by atoms with van der Waals surface area (Å²) < 4.78 is 0. The lowest BCUT2D eigenvalue weighted by Crippen LogP contribution is -2.37. The predicted octanol–water partition coefficient (Wildman–Crippen LogP) is 1.74. The van der Waals surface area contributed by atoms with Gasteiger partial charge < -0.3 is 5.32 Å². The number of nitrogens with one attached hydrogen (secondary N) is 1. The molecule has 1 saturated heterocycles. The summed E-state index contributed by atoms with van der Waals surface area (Å²) >= 11 is 0. The van der Waals surface area contributed by atoms with Crippen molar-refractivity contribution in [2.45, 2.75) is 57.9 Å². The van der Waals surface area contributed by atoms with Crippen molar-refractivity contribution in [2.24, 2.45) is 0 Å². The summed E-state index contributed by atoms with van der Waals surface area (Å²) in [6.07, 6.45) is 6.96. The lowest BCUT2D eigenvalue weighted by Gasteiger charge is -2.29. The molecule has 1 fully saturated rings. The summed E-state index contributed by atoms with van der Waals surface area (Å²) in [7, 11) is 1.67. The van der Waals surface area contributed by atoms with Crippen LogP contribution in [0.15, 0.2) is 0 Å². The van der Waals surface area contributed by atoms with Gasteiger partial charge in [0.25, 0.3) is 0 Å². The molecule has 1 atom stereocenters. The third kappa shape index (κ3) is 5.63. The fraction of sp³-hybridized carbons (Fsp3) is 0.857. The van der Waals surface area contributed by atoms with Crippen molar-refractivity contribution in [2.75, 3.05) is 20.1 Å². The van der Waals surface area contributed by atoms with E-state index in [1.165, 1.54) is 19.3 Å². The topological polar surface area (TPSA) is 49.4 Å². The van der Waals surface area contributed by atoms with Crippen molar-refractivity contribution < 1.29 is 9.59 Å². The Morgan fingerprint density at radius 3 is 2.72 bits per heavy atom. The van der Waals surface area contributed by atoms with E-state index in [9.17, 15) is 9.59 Å². The van der Waals surface area contributed by atoms with Crippen LogP contribution in [0.25, 0.3) is 0 Å². The number of amides is 1. The van der Waals surface area contributed by atoms with E-state index in [-0.39, 0.29) is 11.7 Å². The van der Waals surface area contributed by atoms with Crippen molar-refractivity contribution in [3.05, 3.63) is 0 Å². The minimum absolute atomic E-state index is 0.105. The number of hydrogen-bond acceptors (Lipinski definition) is 3. The van der Waals surface area contributed by atoms with E-state index in [0.717, 1.165) is 25.9 Å². The van der Waals surface area contributed by atoms with Crippen molar-refractivity contribution in [3.63, 3.8) is 0 Å². The van der Waals surface area contributed by atoms with Gasteiger partial charge in [-0.3, -0.25) is 14.5 Å². The van der Waals surface area contributed by atoms with Crippen molar-refractivity contribution in [3.8, 4) is 0 Å². The second-order valence-corrected chi connectivity index (χ2v) is 5.22. The standard InChI is InChI=1S/C14H26N2O2/c1-12(17)11-13-7-4-3-5-9-16(13)10-6-8-14(18)15-2/h13H,3-11H2,1-2H3,(H,15,18). The normalized spacial score (nSPS) is 21.3. The second kappa shape index (κ2) is 8.25. The molecule has 1 aliphatic rings. The zero-order valence-electron chi connectivity index (χ0n) is 11.7. The van der Waals surface area contributed by atoms with E-state index in [1.807, 2.05) is 0 Å². The van der Waals surface area contributed by atoms with E-state index in [0.29, 0.717) is 18.9 Å². The van der Waals surface area contributed by atoms with Crippen LogP contribution in [0.2, 0.25) is 0 Å². The van der Waals surface area contributed by atoms with Crippen molar-refractivity contribution >= 4 is 11.7 Å². The average Bonchev–Trinajstić information content (AvgIpc) is 2.54. The Morgan fingerprint density at radius 1 is 1.28 bits per heavy atom. The molecule has 0 aromatic rings. The highest BCUT2D eigenvalue weighted by Crippen LogP contribution is 2.20. The molecule has 0 bridgehead atoms. The first-order valence-electron chi connectivity index (χ1n) is 7.07. The summed E-state index contributed by atoms with van der Waals surface area (Å²) in [6.45, 7) is 3.69. The Labute approximate surface area is 110 Å². The van der Waals surface area contributed by atoms with E-state index in [2.05, 4.69) is 10.2 Å². The fourth-order valence-electron chi connectivity index (χ4n) is 2.66. The molecule has 0 aromatic carbocycles. The molecule has 1 aliphatic heterocycles. The highest BCUT2D eigenvalue weighted by atomic mass is 16.1. The molecule has 0 spiro atoms. The van der Waals surface area contributed by atoms with Gasteiger partial charge in [-0.2, -0.15) is 0 Å². The summed E-state index contributed by atoms with van der Waals surface area (Å²) in [4.78, 5) is 24.9. The summed E-state index contributed by atoms with van der Waals surface area (Å²) in [6, 6.07) is 0.398. The van der Waals surface area contributed by atoms with E-state index < -0.39 is 0 Å². The largest absolute Gasteiger partial charge is 0.359 e. The molecule has 0 saturated carbocycles. The highest BCUT2D eigenvalue weighted by molar-refractivity contribution is 5.76. The number of nitrogens with zero attached hydrogens (tertiary/aromatic N) is 1. The second-order valence-electron chi connectivity index (χ2n) is 5.22. The van der Waals surface area contributed by atoms with E-state index in [4.69, 9.17) is 0 Å². The van der Waals surface area contributed by atoms with Crippen LogP contribution in [0.5, 0.6) is 0 Å². The molecular formula is C14H26N2O2. The quantitative estimate of drug-likeness (QED) is 0.785. The summed E-state index contributed by atoms with van der Waals surface area (Å²) in [5.74, 6) is 0.381. The molecule has 4 heteroatoms. The van der Waals surface area contributed by atoms with Crippen LogP contribution in [0, 0.1) is 0 Å². The van der Waals surface area contributed by atoms with Gasteiger partial charge in [0.15, 0.2) is 0 Å². The Kier molecular flexibility index (Phi) is 6.94. The summed E-state index contributed by atoms with van der Waals surface area (Å²) in [5, 5.41) is 2.65. The molecule has 4 nitrogen and oxygen atoms in total. The molecule has 1 unspecified atom stereocenters. The van der Waals surface area contributed by atoms with Gasteiger partial charge in [-0.1, -0.05) is 12.8 Å². The Morgan fingerprint density at radius 2 is 2.06 bits per heavy atom. The van der Waals surface area contributed by atoms with Gasteiger partial charge >= 0.3 is 0 Å². The van der Waals surface area contributed by atoms with Crippen LogP contribution < -0.4 is 5.32 Å². The molecule has 104 valence electrons. The number of Topliss-reactive ketones (excluding diaryl/α,β-unsaturated/α-hetero) is 1. The number of carbonyl (C=O) groups excluding carboxylic acids is 2. The first-order chi connectivity index (χ1) is 8.63. The number of ketones is 1. The zero-order chi connectivity index (χ0) is 13.4. The van der Waals surface area contributed by atoms with Crippen LogP contribution in [-0.2, 0) is 9.59 Å². The number of likely N-dealkylation sites (tertiary alicyclic amines) is 1. The van der Waals surface area contributed by atoms with Crippen LogP contribution in [0.3, 0.4) is 0 Å². The van der Waals surface area contributed by atoms with Crippen LogP contribution in [0.1, 0.15) is 51.9 Å². The zero-order valence-corrected chi connectivity index (χ0v) is 11.7. The maximum Gasteiger partial charge on any atom is 0.219 e. The molecular weight excluding hydrogens is 228 g/mol. The highest BCUT2D eigenvalue weighted by Gasteiger charge is 2.21. The average molecular weight is 254 g/mol. The van der Waals surface area contributed by atoms with Gasteiger partial charge in [0, 0.05) is 25.9 Å². The van der Waals surface area contributed by atoms with E-state index in [1.54, 1.807) is 14.0 Å². The molecule has 0 aromatic heterocycles. The Bertz CT molecular complexity index is 279. The third-order valence-corrected chi connectivity index (χ3v) is 3.65. The minimum Gasteiger partial charge on any atom is -0.359 e. The third-order valence-electron chi connectivity index (χ3n) is 3.65. The monoisotopic (exact) mass is 254 g/mol. The van der Waals surface area contributed by atoms with Crippen LogP contribution in [-0.4, -0.2) is 42.8 Å².